The molecule has 2 heterocycles. The maximum Gasteiger partial charge on any atom is 0.252 e. The molecule has 2 aromatic carbocycles. The van der Waals surface area contributed by atoms with E-state index in [0.29, 0.717) is 41.7 Å². The number of carbonyl (C=O) groups excluding carboxylic acids is 1. The summed E-state index contributed by atoms with van der Waals surface area (Å²) >= 11 is 0. The van der Waals surface area contributed by atoms with Gasteiger partial charge in [-0.1, -0.05) is 30.3 Å². The van der Waals surface area contributed by atoms with Crippen molar-refractivity contribution in [1.82, 2.24) is 15.2 Å². The molecule has 1 amide bonds. The van der Waals surface area contributed by atoms with Crippen LogP contribution in [0.25, 0.3) is 0 Å². The summed E-state index contributed by atoms with van der Waals surface area (Å²) in [6.45, 7) is 4.37. The van der Waals surface area contributed by atoms with Crippen molar-refractivity contribution in [2.75, 3.05) is 10.2 Å². The molecule has 3 aromatic rings. The Hall–Kier alpha value is -3.55. The van der Waals surface area contributed by atoms with Crippen LogP contribution >= 0.6 is 0 Å². The smallest absolute Gasteiger partial charge is 0.252 e. The molecule has 0 saturated heterocycles. The number of nitrogens with two attached hydrogens (primary N) is 1. The normalized spacial score (nSPS) is 15.3. The van der Waals surface area contributed by atoms with Gasteiger partial charge < -0.3 is 16.0 Å². The zero-order valence-electron chi connectivity index (χ0n) is 16.2. The second-order valence-electron chi connectivity index (χ2n) is 7.12. The monoisotopic (exact) mass is 392 g/mol. The Kier molecular flexibility index (Phi) is 4.84. The van der Waals surface area contributed by atoms with E-state index in [0.717, 1.165) is 5.56 Å². The van der Waals surface area contributed by atoms with Crippen molar-refractivity contribution in [1.29, 1.82) is 0 Å². The van der Waals surface area contributed by atoms with Gasteiger partial charge in [0.2, 0.25) is 5.91 Å². The van der Waals surface area contributed by atoms with Gasteiger partial charge in [0.25, 0.3) is 5.95 Å². The van der Waals surface area contributed by atoms with Gasteiger partial charge >= 0.3 is 0 Å². The minimum absolute atomic E-state index is 0.0728. The van der Waals surface area contributed by atoms with E-state index >= 15 is 0 Å². The minimum atomic E-state index is -0.650. The molecule has 1 aliphatic heterocycles. The number of benzene rings is 2. The van der Waals surface area contributed by atoms with Crippen molar-refractivity contribution in [3.63, 3.8) is 0 Å². The van der Waals surface area contributed by atoms with Gasteiger partial charge in [-0.15, -0.1) is 10.2 Å². The molecule has 148 valence electrons. The maximum absolute atomic E-state index is 14.1. The number of nitrogens with one attached hydrogen (secondary N) is 1. The Morgan fingerprint density at radius 2 is 2.03 bits per heavy atom. The van der Waals surface area contributed by atoms with Gasteiger partial charge in [0.1, 0.15) is 11.5 Å². The second kappa shape index (κ2) is 7.46. The Balaban J connectivity index is 1.68. The molecule has 0 radical (unpaired) electrons. The van der Waals surface area contributed by atoms with Crippen LogP contribution in [0, 0.1) is 12.7 Å². The fourth-order valence-electron chi connectivity index (χ4n) is 3.62. The average molecular weight is 392 g/mol. The van der Waals surface area contributed by atoms with Gasteiger partial charge in [0.15, 0.2) is 5.82 Å². The molecule has 0 fully saturated rings. The number of hydrogen-bond donors (Lipinski definition) is 2. The third kappa shape index (κ3) is 3.61. The van der Waals surface area contributed by atoms with E-state index in [1.54, 1.807) is 4.90 Å². The molecule has 7 nitrogen and oxygen atoms in total. The predicted molar refractivity (Wildman–Crippen MR) is 109 cm³/mol. The fraction of sp³-hybridized carbons (Fsp3) is 0.238. The zero-order chi connectivity index (χ0) is 20.5. The SMILES string of the molecule is Cc1nnc(N2c3cc(F)cc(C(N)=O)c3CC2C)nc1NCc1ccccc1. The summed E-state index contributed by atoms with van der Waals surface area (Å²) in [5.74, 6) is -0.230. The van der Waals surface area contributed by atoms with Crippen molar-refractivity contribution in [3.8, 4) is 0 Å². The second-order valence-corrected chi connectivity index (χ2v) is 7.12. The lowest BCUT2D eigenvalue weighted by molar-refractivity contribution is 0.0999. The first kappa shape index (κ1) is 18.8. The highest BCUT2D eigenvalue weighted by Gasteiger charge is 2.33. The maximum atomic E-state index is 14.1. The Labute approximate surface area is 167 Å². The first-order chi connectivity index (χ1) is 13.9. The lowest BCUT2D eigenvalue weighted by Crippen LogP contribution is -2.26. The molecule has 0 aliphatic carbocycles. The lowest BCUT2D eigenvalue weighted by atomic mass is 10.0. The number of amides is 1. The molecule has 1 aromatic heterocycles. The van der Waals surface area contributed by atoms with E-state index in [1.165, 1.54) is 12.1 Å². The Morgan fingerprint density at radius 3 is 2.76 bits per heavy atom. The Morgan fingerprint density at radius 1 is 1.28 bits per heavy atom. The van der Waals surface area contributed by atoms with Crippen molar-refractivity contribution in [2.24, 2.45) is 5.73 Å². The number of aromatic nitrogens is 3. The van der Waals surface area contributed by atoms with Crippen LogP contribution < -0.4 is 16.0 Å². The Bertz CT molecular complexity index is 1070. The molecular formula is C21H21FN6O. The average Bonchev–Trinajstić information content (AvgIpc) is 3.03. The van der Waals surface area contributed by atoms with Gasteiger partial charge in [-0.05, 0) is 43.5 Å². The quantitative estimate of drug-likeness (QED) is 0.692. The van der Waals surface area contributed by atoms with E-state index in [4.69, 9.17) is 5.73 Å². The van der Waals surface area contributed by atoms with Gasteiger partial charge in [-0.2, -0.15) is 4.98 Å². The van der Waals surface area contributed by atoms with Crippen LogP contribution in [0.15, 0.2) is 42.5 Å². The third-order valence-corrected chi connectivity index (χ3v) is 5.02. The molecule has 0 spiro atoms. The molecule has 8 heteroatoms. The van der Waals surface area contributed by atoms with Crippen molar-refractivity contribution < 1.29 is 9.18 Å². The summed E-state index contributed by atoms with van der Waals surface area (Å²) in [4.78, 5) is 18.2. The number of anilines is 3. The van der Waals surface area contributed by atoms with Gasteiger partial charge in [0, 0.05) is 18.2 Å². The summed E-state index contributed by atoms with van der Waals surface area (Å²) in [7, 11) is 0. The molecule has 3 N–H and O–H groups in total. The topological polar surface area (TPSA) is 97.0 Å². The van der Waals surface area contributed by atoms with E-state index in [2.05, 4.69) is 20.5 Å². The van der Waals surface area contributed by atoms with E-state index in [1.807, 2.05) is 44.2 Å². The van der Waals surface area contributed by atoms with E-state index < -0.39 is 11.7 Å². The zero-order valence-corrected chi connectivity index (χ0v) is 16.2. The molecule has 4 rings (SSSR count). The number of fused-ring (bicyclic) bond motifs is 1. The number of carbonyl (C=O) groups is 1. The van der Waals surface area contributed by atoms with Crippen LogP contribution in [-0.2, 0) is 13.0 Å². The summed E-state index contributed by atoms with van der Waals surface area (Å²) in [5.41, 5.74) is 8.66. The molecular weight excluding hydrogens is 371 g/mol. The lowest BCUT2D eigenvalue weighted by Gasteiger charge is -2.23. The summed E-state index contributed by atoms with van der Waals surface area (Å²) in [6.07, 6.45) is 0.540. The number of hydrogen-bond acceptors (Lipinski definition) is 6. The highest BCUT2D eigenvalue weighted by molar-refractivity contribution is 5.97. The van der Waals surface area contributed by atoms with Crippen LogP contribution in [0.4, 0.5) is 21.8 Å². The molecule has 1 unspecified atom stereocenters. The molecule has 1 aliphatic rings. The van der Waals surface area contributed by atoms with Crippen molar-refractivity contribution in [3.05, 3.63) is 70.7 Å². The largest absolute Gasteiger partial charge is 0.366 e. The third-order valence-electron chi connectivity index (χ3n) is 5.02. The minimum Gasteiger partial charge on any atom is -0.366 e. The van der Waals surface area contributed by atoms with Gasteiger partial charge in [0.05, 0.1) is 5.69 Å². The van der Waals surface area contributed by atoms with Crippen LogP contribution in [0.5, 0.6) is 0 Å². The van der Waals surface area contributed by atoms with Crippen molar-refractivity contribution >= 4 is 23.4 Å². The highest BCUT2D eigenvalue weighted by atomic mass is 19.1. The van der Waals surface area contributed by atoms with Crippen LogP contribution in [0.2, 0.25) is 0 Å². The summed E-state index contributed by atoms with van der Waals surface area (Å²) in [5, 5.41) is 11.7. The number of primary amides is 1. The van der Waals surface area contributed by atoms with Crippen LogP contribution in [0.3, 0.4) is 0 Å². The number of rotatable bonds is 5. The number of nitrogens with zero attached hydrogens (tertiary/aromatic N) is 4. The molecule has 1 atom stereocenters. The molecule has 29 heavy (non-hydrogen) atoms. The predicted octanol–water partition coefficient (Wildman–Crippen LogP) is 3.11. The van der Waals surface area contributed by atoms with E-state index in [9.17, 15) is 9.18 Å². The first-order valence-corrected chi connectivity index (χ1v) is 9.34. The van der Waals surface area contributed by atoms with Gasteiger partial charge in [-0.3, -0.25) is 4.79 Å². The summed E-state index contributed by atoms with van der Waals surface area (Å²) in [6, 6.07) is 12.4. The van der Waals surface area contributed by atoms with Gasteiger partial charge in [-0.25, -0.2) is 4.39 Å². The number of halogens is 1. The first-order valence-electron chi connectivity index (χ1n) is 9.34. The molecule has 0 bridgehead atoms. The number of aryl methyl sites for hydroxylation is 1. The van der Waals surface area contributed by atoms with Crippen molar-refractivity contribution in [2.45, 2.75) is 32.9 Å². The molecule has 0 saturated carbocycles. The summed E-state index contributed by atoms with van der Waals surface area (Å²) < 4.78 is 14.1. The fourth-order valence-corrected chi connectivity index (χ4v) is 3.62. The van der Waals surface area contributed by atoms with Crippen LogP contribution in [0.1, 0.15) is 34.1 Å². The standard InChI is InChI=1S/C21H21FN6O/c1-12-8-16-17(19(23)29)9-15(22)10-18(16)28(12)21-25-20(13(2)26-27-21)24-11-14-6-4-3-5-7-14/h3-7,9-10,12H,8,11H2,1-2H3,(H2,23,29)(H,24,25,27). The van der Waals surface area contributed by atoms with E-state index in [-0.39, 0.29) is 11.6 Å². The highest BCUT2D eigenvalue weighted by Crippen LogP contribution is 2.39. The van der Waals surface area contributed by atoms with Crippen LogP contribution in [-0.4, -0.2) is 27.1 Å².